The van der Waals surface area contributed by atoms with E-state index in [4.69, 9.17) is 21.3 Å². The first kappa shape index (κ1) is 30.7. The number of phosphoric ester groups is 1. The number of esters is 1. The van der Waals surface area contributed by atoms with Crippen molar-refractivity contribution in [3.05, 3.63) is 0 Å². The maximum atomic E-state index is 12.0. The van der Waals surface area contributed by atoms with Crippen molar-refractivity contribution < 1.29 is 40.0 Å². The molecule has 35 heavy (non-hydrogen) atoms. The first-order valence-electron chi connectivity index (χ1n) is 14.6. The highest BCUT2D eigenvalue weighted by Crippen LogP contribution is 2.38. The predicted molar refractivity (Wildman–Crippen MR) is 139 cm³/mol. The average molecular weight is 528 g/mol. The molecule has 0 N–H and O–H groups in total. The summed E-state index contributed by atoms with van der Waals surface area (Å²) >= 11 is 0. The van der Waals surface area contributed by atoms with E-state index in [1.807, 2.05) is 21.1 Å². The fourth-order valence-corrected chi connectivity index (χ4v) is 4.12. The minimum atomic E-state index is -4.57. The van der Waals surface area contributed by atoms with E-state index in [2.05, 4.69) is 6.92 Å². The minimum Gasteiger partial charge on any atom is -0.756 e. The Bertz CT molecular complexity index is 622. The van der Waals surface area contributed by atoms with Crippen LogP contribution in [-0.2, 0) is 27.9 Å². The second-order valence-corrected chi connectivity index (χ2v) is 11.6. The summed E-state index contributed by atoms with van der Waals surface area (Å²) in [5, 5.41) is 0. The zero-order chi connectivity index (χ0) is 28.2. The highest BCUT2D eigenvalue weighted by Gasteiger charge is 2.19. The fourth-order valence-electron chi connectivity index (χ4n) is 3.39. The van der Waals surface area contributed by atoms with E-state index in [9.17, 15) is 14.3 Å². The van der Waals surface area contributed by atoms with Crippen LogP contribution in [0.4, 0.5) is 0 Å². The van der Waals surface area contributed by atoms with Gasteiger partial charge in [-0.15, -0.1) is 0 Å². The predicted octanol–water partition coefficient (Wildman–Crippen LogP) is 5.62. The van der Waals surface area contributed by atoms with Crippen molar-refractivity contribution in [2.45, 2.75) is 110 Å². The first-order chi connectivity index (χ1) is 17.4. The molecule has 9 heteroatoms. The highest BCUT2D eigenvalue weighted by molar-refractivity contribution is 7.45. The number of quaternary nitrogens is 1. The van der Waals surface area contributed by atoms with Gasteiger partial charge in [-0.1, -0.05) is 90.4 Å². The third-order valence-corrected chi connectivity index (χ3v) is 6.43. The number of nitrogens with zero attached hydrogens (tertiary/aromatic N) is 1. The summed E-state index contributed by atoms with van der Waals surface area (Å²) in [6, 6.07) is 0. The lowest BCUT2D eigenvalue weighted by atomic mass is 10.0. The van der Waals surface area contributed by atoms with Crippen molar-refractivity contribution in [2.75, 3.05) is 54.1 Å². The number of hydrogen-bond acceptors (Lipinski definition) is 7. The quantitative estimate of drug-likeness (QED) is 0.0658. The Morgan fingerprint density at radius 1 is 0.886 bits per heavy atom. The van der Waals surface area contributed by atoms with Gasteiger partial charge in [0.05, 0.1) is 35.7 Å². The monoisotopic (exact) mass is 527 g/mol. The van der Waals surface area contributed by atoms with Gasteiger partial charge in [0.1, 0.15) is 19.3 Å². The van der Waals surface area contributed by atoms with E-state index in [0.717, 1.165) is 19.3 Å². The molecule has 0 saturated heterocycles. The molecule has 0 rings (SSSR count). The van der Waals surface area contributed by atoms with Gasteiger partial charge in [0.15, 0.2) is 0 Å². The standard InChI is InChI=1S/C26H54NO7P/c1-6-7-8-9-10-11-12-13-14-15-16-17-18-19-21-31-23-26(34-25(2)28)24-33-35(29,30)32-22-20-27(3,4)5/h26H,6-24H2,1-5H3/t26-/m1/s1/i19T,21T/t19?,21?,26-. The summed E-state index contributed by atoms with van der Waals surface area (Å²) in [6.07, 6.45) is 13.6. The molecule has 0 radical (unpaired) electrons. The van der Waals surface area contributed by atoms with Gasteiger partial charge in [-0.05, 0) is 6.40 Å². The van der Waals surface area contributed by atoms with Gasteiger partial charge in [-0.2, -0.15) is 0 Å². The van der Waals surface area contributed by atoms with Gasteiger partial charge >= 0.3 is 5.97 Å². The van der Waals surface area contributed by atoms with Crippen LogP contribution in [0.3, 0.4) is 0 Å². The number of carbonyl (C=O) groups is 1. The van der Waals surface area contributed by atoms with Crippen LogP contribution in [0, 0.1) is 0 Å². The van der Waals surface area contributed by atoms with E-state index in [0.29, 0.717) is 17.4 Å². The van der Waals surface area contributed by atoms with Gasteiger partial charge < -0.3 is 27.9 Å². The fraction of sp³-hybridized carbons (Fsp3) is 0.962. The molecule has 0 aliphatic carbocycles. The second-order valence-electron chi connectivity index (χ2n) is 10.2. The Balaban J connectivity index is 4.10. The molecule has 3 unspecified atom stereocenters. The highest BCUT2D eigenvalue weighted by atomic mass is 31.2. The summed E-state index contributed by atoms with van der Waals surface area (Å²) < 4.78 is 48.9. The lowest BCUT2D eigenvalue weighted by Crippen LogP contribution is -2.37. The van der Waals surface area contributed by atoms with Crippen molar-refractivity contribution >= 4 is 13.8 Å². The topological polar surface area (TPSA) is 94.1 Å². The first-order valence-corrected chi connectivity index (χ1v) is 14.9. The minimum absolute atomic E-state index is 0.0343. The Morgan fingerprint density at radius 2 is 1.40 bits per heavy atom. The lowest BCUT2D eigenvalue weighted by Gasteiger charge is -2.28. The number of carbonyl (C=O) groups excluding carboxylic acids is 1. The smallest absolute Gasteiger partial charge is 0.303 e. The molecule has 210 valence electrons. The summed E-state index contributed by atoms with van der Waals surface area (Å²) in [6.45, 7) is 2.04. The molecular formula is C26H54NO7P. The molecule has 0 aromatic heterocycles. The summed E-state index contributed by atoms with van der Waals surface area (Å²) in [7, 11) is 1.15. The maximum absolute atomic E-state index is 12.0. The average Bonchev–Trinajstić information content (AvgIpc) is 2.79. The molecule has 0 spiro atoms. The Kier molecular flexibility index (Phi) is 18.9. The molecule has 0 aromatic rings. The molecule has 0 heterocycles. The molecule has 0 aromatic carbocycles. The molecule has 0 fully saturated rings. The molecule has 8 nitrogen and oxygen atoms in total. The van der Waals surface area contributed by atoms with E-state index in [1.165, 1.54) is 64.7 Å². The zero-order valence-corrected chi connectivity index (χ0v) is 23.9. The third-order valence-electron chi connectivity index (χ3n) is 5.46. The van der Waals surface area contributed by atoms with E-state index >= 15 is 0 Å². The number of hydrogen-bond donors (Lipinski definition) is 0. The van der Waals surface area contributed by atoms with Gasteiger partial charge in [-0.25, -0.2) is 0 Å². The van der Waals surface area contributed by atoms with Gasteiger partial charge in [0.25, 0.3) is 7.82 Å². The molecular weight excluding hydrogens is 469 g/mol. The molecule has 0 amide bonds. The number of phosphoric acid groups is 1. The SMILES string of the molecule is [3H]C(CCCCCCCCCCCCCC)C([3H])OC[C@H](COP(=O)([O-])OCC[N+](C)(C)C)OC(C)=O. The number of ether oxygens (including phenoxy) is 2. The van der Waals surface area contributed by atoms with Crippen molar-refractivity contribution in [3.63, 3.8) is 0 Å². The summed E-state index contributed by atoms with van der Waals surface area (Å²) in [4.78, 5) is 23.4. The number of likely N-dealkylation sites (N-methyl/N-ethyl adjacent to an activating group) is 1. The van der Waals surface area contributed by atoms with Crippen molar-refractivity contribution in [1.82, 2.24) is 0 Å². The van der Waals surface area contributed by atoms with E-state index in [1.54, 1.807) is 0 Å². The van der Waals surface area contributed by atoms with E-state index < -0.39 is 39.5 Å². The largest absolute Gasteiger partial charge is 0.756 e. The van der Waals surface area contributed by atoms with Gasteiger partial charge in [-0.3, -0.25) is 9.36 Å². The Morgan fingerprint density at radius 3 is 1.89 bits per heavy atom. The summed E-state index contributed by atoms with van der Waals surface area (Å²) in [5.74, 6) is -0.621. The Labute approximate surface area is 218 Å². The maximum Gasteiger partial charge on any atom is 0.303 e. The van der Waals surface area contributed by atoms with Crippen LogP contribution in [0.1, 0.15) is 106 Å². The number of rotatable bonds is 25. The van der Waals surface area contributed by atoms with Crippen molar-refractivity contribution in [3.8, 4) is 0 Å². The third kappa shape index (κ3) is 26.4. The Hall–Kier alpha value is -0.500. The van der Waals surface area contributed by atoms with Crippen LogP contribution >= 0.6 is 7.82 Å². The normalized spacial score (nSPS) is 17.2. The molecule has 0 aliphatic heterocycles. The van der Waals surface area contributed by atoms with Crippen molar-refractivity contribution in [1.29, 1.82) is 0 Å². The van der Waals surface area contributed by atoms with Crippen LogP contribution in [0.5, 0.6) is 0 Å². The van der Waals surface area contributed by atoms with Crippen LogP contribution in [-0.4, -0.2) is 70.6 Å². The lowest BCUT2D eigenvalue weighted by molar-refractivity contribution is -0.870. The van der Waals surface area contributed by atoms with Gasteiger partial charge in [0.2, 0.25) is 0 Å². The van der Waals surface area contributed by atoms with Crippen LogP contribution in [0.25, 0.3) is 0 Å². The van der Waals surface area contributed by atoms with Crippen LogP contribution in [0.2, 0.25) is 0 Å². The molecule has 4 atom stereocenters. The molecule has 0 saturated carbocycles. The molecule has 0 bridgehead atoms. The van der Waals surface area contributed by atoms with Gasteiger partial charge in [0, 0.05) is 14.9 Å². The molecule has 0 aliphatic rings. The second kappa shape index (κ2) is 21.6. The number of unbranched alkanes of at least 4 members (excludes halogenated alkanes) is 11. The van der Waals surface area contributed by atoms with E-state index in [-0.39, 0.29) is 13.2 Å². The van der Waals surface area contributed by atoms with Crippen LogP contribution < -0.4 is 4.89 Å². The van der Waals surface area contributed by atoms with Crippen molar-refractivity contribution in [2.24, 2.45) is 0 Å². The summed E-state index contributed by atoms with van der Waals surface area (Å²) in [5.41, 5.74) is 0. The van der Waals surface area contributed by atoms with Crippen LogP contribution in [0.15, 0.2) is 0 Å². The zero-order valence-electron chi connectivity index (χ0n) is 25.0.